The van der Waals surface area contributed by atoms with E-state index in [1.54, 1.807) is 6.07 Å². The van der Waals surface area contributed by atoms with Gasteiger partial charge in [0.05, 0.1) is 11.0 Å². The minimum atomic E-state index is -4.37. The van der Waals surface area contributed by atoms with Gasteiger partial charge in [-0.05, 0) is 51.8 Å². The van der Waals surface area contributed by atoms with E-state index in [4.69, 9.17) is 0 Å². The van der Waals surface area contributed by atoms with E-state index in [9.17, 15) is 18.0 Å². The van der Waals surface area contributed by atoms with Crippen molar-refractivity contribution in [1.29, 1.82) is 0 Å². The van der Waals surface area contributed by atoms with Crippen LogP contribution >= 0.6 is 12.4 Å². The number of carbonyl (C=O) groups excluding carboxylic acids is 1. The monoisotopic (exact) mass is 390 g/mol. The number of nitrogens with one attached hydrogen (secondary N) is 1. The molecular formula is C19H26ClF3N2O. The SMILES string of the molecule is CC(C)(C)N1CC(c2cccc(C(F)(F)F)c2)C2(CCCNC2)C1=O.Cl. The Bertz CT molecular complexity index is 663. The van der Waals surface area contributed by atoms with E-state index in [1.165, 1.54) is 12.1 Å². The summed E-state index contributed by atoms with van der Waals surface area (Å²) in [5, 5.41) is 3.29. The number of likely N-dealkylation sites (tertiary alicyclic amines) is 1. The molecule has 2 aliphatic heterocycles. The molecule has 0 bridgehead atoms. The lowest BCUT2D eigenvalue weighted by Crippen LogP contribution is -2.50. The maximum atomic E-state index is 13.3. The van der Waals surface area contributed by atoms with E-state index in [2.05, 4.69) is 5.32 Å². The van der Waals surface area contributed by atoms with Crippen LogP contribution in [0, 0.1) is 5.41 Å². The van der Waals surface area contributed by atoms with Crippen LogP contribution in [0.4, 0.5) is 13.2 Å². The molecule has 1 aromatic rings. The Kier molecular flexibility index (Phi) is 5.70. The van der Waals surface area contributed by atoms with Gasteiger partial charge in [-0.2, -0.15) is 13.2 Å². The van der Waals surface area contributed by atoms with Crippen LogP contribution in [0.15, 0.2) is 24.3 Å². The van der Waals surface area contributed by atoms with Gasteiger partial charge >= 0.3 is 6.18 Å². The van der Waals surface area contributed by atoms with Crippen molar-refractivity contribution in [1.82, 2.24) is 10.2 Å². The summed E-state index contributed by atoms with van der Waals surface area (Å²) >= 11 is 0. The zero-order valence-electron chi connectivity index (χ0n) is 15.3. The minimum Gasteiger partial charge on any atom is -0.337 e. The normalized spacial score (nSPS) is 26.9. The van der Waals surface area contributed by atoms with Crippen molar-refractivity contribution in [2.75, 3.05) is 19.6 Å². The van der Waals surface area contributed by atoms with Gasteiger partial charge in [0, 0.05) is 24.5 Å². The predicted octanol–water partition coefficient (Wildman–Crippen LogP) is 4.22. The largest absolute Gasteiger partial charge is 0.416 e. The quantitative estimate of drug-likeness (QED) is 0.778. The highest BCUT2D eigenvalue weighted by atomic mass is 35.5. The Morgan fingerprint density at radius 3 is 2.46 bits per heavy atom. The first-order valence-corrected chi connectivity index (χ1v) is 8.76. The number of piperidine rings is 1. The lowest BCUT2D eigenvalue weighted by atomic mass is 9.69. The molecule has 26 heavy (non-hydrogen) atoms. The van der Waals surface area contributed by atoms with Gasteiger partial charge in [-0.25, -0.2) is 0 Å². The van der Waals surface area contributed by atoms with E-state index in [0.717, 1.165) is 19.0 Å². The second-order valence-electron chi connectivity index (χ2n) is 8.20. The highest BCUT2D eigenvalue weighted by molar-refractivity contribution is 5.88. The summed E-state index contributed by atoms with van der Waals surface area (Å²) in [5.41, 5.74) is -1.03. The van der Waals surface area contributed by atoms with Crippen molar-refractivity contribution in [3.8, 4) is 0 Å². The second-order valence-corrected chi connectivity index (χ2v) is 8.20. The van der Waals surface area contributed by atoms with Crippen molar-refractivity contribution in [2.45, 2.75) is 51.2 Å². The smallest absolute Gasteiger partial charge is 0.337 e. The van der Waals surface area contributed by atoms with E-state index in [0.29, 0.717) is 25.1 Å². The zero-order valence-corrected chi connectivity index (χ0v) is 16.1. The van der Waals surface area contributed by atoms with E-state index in [-0.39, 0.29) is 29.8 Å². The molecule has 3 rings (SSSR count). The summed E-state index contributed by atoms with van der Waals surface area (Å²) in [7, 11) is 0. The van der Waals surface area contributed by atoms with Crippen LogP contribution in [0.2, 0.25) is 0 Å². The molecule has 2 saturated heterocycles. The number of benzene rings is 1. The Balaban J connectivity index is 0.00000243. The van der Waals surface area contributed by atoms with Gasteiger partial charge in [0.1, 0.15) is 0 Å². The summed E-state index contributed by atoms with van der Waals surface area (Å²) in [6, 6.07) is 5.50. The third-order valence-corrected chi connectivity index (χ3v) is 5.55. The number of rotatable bonds is 1. The molecule has 3 nitrogen and oxygen atoms in total. The molecule has 1 aromatic carbocycles. The minimum absolute atomic E-state index is 0. The van der Waals surface area contributed by atoms with Gasteiger partial charge in [0.2, 0.25) is 5.91 Å². The Morgan fingerprint density at radius 1 is 1.23 bits per heavy atom. The maximum absolute atomic E-state index is 13.3. The van der Waals surface area contributed by atoms with Crippen LogP contribution in [0.1, 0.15) is 50.7 Å². The first-order chi connectivity index (χ1) is 11.6. The molecule has 2 atom stereocenters. The molecule has 0 saturated carbocycles. The van der Waals surface area contributed by atoms with Gasteiger partial charge in [-0.15, -0.1) is 12.4 Å². The number of nitrogens with zero attached hydrogens (tertiary/aromatic N) is 1. The van der Waals surface area contributed by atoms with Crippen molar-refractivity contribution in [3.05, 3.63) is 35.4 Å². The average Bonchev–Trinajstić information content (AvgIpc) is 2.81. The van der Waals surface area contributed by atoms with Gasteiger partial charge in [0.25, 0.3) is 0 Å². The van der Waals surface area contributed by atoms with E-state index >= 15 is 0 Å². The molecule has 2 aliphatic rings. The fraction of sp³-hybridized carbons (Fsp3) is 0.632. The molecule has 2 unspecified atom stereocenters. The first-order valence-electron chi connectivity index (χ1n) is 8.76. The third kappa shape index (κ3) is 3.58. The molecule has 1 spiro atoms. The lowest BCUT2D eigenvalue weighted by molar-refractivity contribution is -0.141. The Hall–Kier alpha value is -1.27. The molecule has 2 heterocycles. The van der Waals surface area contributed by atoms with Gasteiger partial charge in [0.15, 0.2) is 0 Å². The van der Waals surface area contributed by atoms with Crippen molar-refractivity contribution in [3.63, 3.8) is 0 Å². The summed E-state index contributed by atoms with van der Waals surface area (Å²) in [6.07, 6.45) is -2.80. The van der Waals surface area contributed by atoms with E-state index < -0.39 is 17.2 Å². The summed E-state index contributed by atoms with van der Waals surface area (Å²) in [4.78, 5) is 15.1. The lowest BCUT2D eigenvalue weighted by Gasteiger charge is -2.38. The number of carbonyl (C=O) groups is 1. The maximum Gasteiger partial charge on any atom is 0.416 e. The fourth-order valence-electron chi connectivity index (χ4n) is 4.20. The van der Waals surface area contributed by atoms with Crippen LogP contribution in [-0.4, -0.2) is 36.0 Å². The summed E-state index contributed by atoms with van der Waals surface area (Å²) in [6.45, 7) is 7.76. The highest BCUT2D eigenvalue weighted by Crippen LogP contribution is 2.50. The molecule has 1 N–H and O–H groups in total. The molecular weight excluding hydrogens is 365 g/mol. The van der Waals surface area contributed by atoms with Gasteiger partial charge in [-0.3, -0.25) is 4.79 Å². The summed E-state index contributed by atoms with van der Waals surface area (Å²) in [5.74, 6) is -0.163. The Labute approximate surface area is 158 Å². The molecule has 0 aliphatic carbocycles. The molecule has 0 radical (unpaired) electrons. The number of halogens is 4. The van der Waals surface area contributed by atoms with Crippen LogP contribution in [0.3, 0.4) is 0 Å². The molecule has 7 heteroatoms. The van der Waals surface area contributed by atoms with Crippen LogP contribution < -0.4 is 5.32 Å². The number of hydrogen-bond acceptors (Lipinski definition) is 2. The highest BCUT2D eigenvalue weighted by Gasteiger charge is 2.56. The average molecular weight is 391 g/mol. The summed E-state index contributed by atoms with van der Waals surface area (Å²) < 4.78 is 39.4. The van der Waals surface area contributed by atoms with Gasteiger partial charge in [-0.1, -0.05) is 18.2 Å². The molecule has 0 aromatic heterocycles. The third-order valence-electron chi connectivity index (χ3n) is 5.55. The van der Waals surface area contributed by atoms with Crippen LogP contribution in [-0.2, 0) is 11.0 Å². The topological polar surface area (TPSA) is 32.3 Å². The molecule has 146 valence electrons. The van der Waals surface area contributed by atoms with Crippen LogP contribution in [0.25, 0.3) is 0 Å². The van der Waals surface area contributed by atoms with Crippen molar-refractivity contribution >= 4 is 18.3 Å². The predicted molar refractivity (Wildman–Crippen MR) is 97.4 cm³/mol. The second kappa shape index (κ2) is 7.04. The number of alkyl halides is 3. The molecule has 2 fully saturated rings. The molecule has 1 amide bonds. The fourth-order valence-corrected chi connectivity index (χ4v) is 4.20. The Morgan fingerprint density at radius 2 is 1.92 bits per heavy atom. The van der Waals surface area contributed by atoms with E-state index in [1.807, 2.05) is 25.7 Å². The number of hydrogen-bond donors (Lipinski definition) is 1. The van der Waals surface area contributed by atoms with Crippen molar-refractivity contribution in [2.24, 2.45) is 5.41 Å². The van der Waals surface area contributed by atoms with Crippen molar-refractivity contribution < 1.29 is 18.0 Å². The standard InChI is InChI=1S/C19H25F3N2O.ClH/c1-17(2,3)24-11-15(18(16(24)25)8-5-9-23-12-18)13-6-4-7-14(10-13)19(20,21)22;/h4,6-7,10,15,23H,5,8-9,11-12H2,1-3H3;1H. The number of amides is 1. The van der Waals surface area contributed by atoms with Gasteiger partial charge < -0.3 is 10.2 Å². The van der Waals surface area contributed by atoms with Crippen LogP contribution in [0.5, 0.6) is 0 Å². The first kappa shape index (κ1) is 21.0. The zero-order chi connectivity index (χ0) is 18.5.